The van der Waals surface area contributed by atoms with Crippen molar-refractivity contribution in [2.75, 3.05) is 16.8 Å². The van der Waals surface area contributed by atoms with Crippen LogP contribution < -0.4 is 22.1 Å². The average Bonchev–Trinajstić information content (AvgIpc) is 3.22. The number of hydrogen-bond donors (Lipinski definition) is 4. The van der Waals surface area contributed by atoms with Crippen LogP contribution in [-0.2, 0) is 6.54 Å². The van der Waals surface area contributed by atoms with Gasteiger partial charge in [0.1, 0.15) is 35.1 Å². The molecule has 0 spiro atoms. The van der Waals surface area contributed by atoms with E-state index < -0.39 is 6.04 Å². The normalized spacial score (nSPS) is 14.4. The molecule has 4 aromatic rings. The third-order valence-corrected chi connectivity index (χ3v) is 5.73. The number of nitriles is 2. The van der Waals surface area contributed by atoms with Gasteiger partial charge in [0.05, 0.1) is 5.69 Å². The Hall–Kier alpha value is -5.09. The maximum Gasteiger partial charge on any atom is 0.211 e. The molecular formula is C24H18FN9. The van der Waals surface area contributed by atoms with E-state index in [4.69, 9.17) is 16.7 Å². The van der Waals surface area contributed by atoms with Crippen molar-refractivity contribution in [2.45, 2.75) is 12.6 Å². The summed E-state index contributed by atoms with van der Waals surface area (Å²) < 4.78 is 15.3. The third-order valence-electron chi connectivity index (χ3n) is 5.73. The molecule has 0 saturated carbocycles. The molecule has 9 nitrogen and oxygen atoms in total. The minimum Gasteiger partial charge on any atom is -0.397 e. The summed E-state index contributed by atoms with van der Waals surface area (Å²) in [5, 5.41) is 24.9. The Kier molecular flexibility index (Phi) is 4.96. The van der Waals surface area contributed by atoms with E-state index in [-0.39, 0.29) is 28.8 Å². The predicted molar refractivity (Wildman–Crippen MR) is 127 cm³/mol. The van der Waals surface area contributed by atoms with Crippen molar-refractivity contribution in [1.29, 1.82) is 10.5 Å². The number of guanidine groups is 1. The molecule has 2 aromatic carbocycles. The molecule has 0 saturated heterocycles. The summed E-state index contributed by atoms with van der Waals surface area (Å²) in [4.78, 5) is 8.87. The minimum atomic E-state index is -0.614. The van der Waals surface area contributed by atoms with Crippen molar-refractivity contribution in [3.05, 3.63) is 82.8 Å². The number of aromatic nitrogens is 2. The van der Waals surface area contributed by atoms with Crippen LogP contribution in [0.4, 0.5) is 21.7 Å². The van der Waals surface area contributed by atoms with Crippen LogP contribution in [0.3, 0.4) is 0 Å². The summed E-state index contributed by atoms with van der Waals surface area (Å²) in [6.45, 7) is 0.593. The molecule has 3 heterocycles. The molecule has 5 rings (SSSR count). The summed E-state index contributed by atoms with van der Waals surface area (Å²) in [6.07, 6.45) is 3.80. The molecule has 0 amide bonds. The van der Waals surface area contributed by atoms with Gasteiger partial charge < -0.3 is 21.4 Å². The van der Waals surface area contributed by atoms with E-state index in [2.05, 4.69) is 25.2 Å². The van der Waals surface area contributed by atoms with Crippen LogP contribution in [0.1, 0.15) is 28.3 Å². The number of fused-ring (bicyclic) bond motifs is 2. The lowest BCUT2D eigenvalue weighted by Gasteiger charge is -2.26. The van der Waals surface area contributed by atoms with Crippen molar-refractivity contribution < 1.29 is 4.39 Å². The number of nitrogens with two attached hydrogens (primary N) is 2. The molecule has 0 aliphatic carbocycles. The highest BCUT2D eigenvalue weighted by Gasteiger charge is 2.29. The van der Waals surface area contributed by atoms with Crippen LogP contribution in [0.15, 0.2) is 59.7 Å². The highest BCUT2D eigenvalue weighted by molar-refractivity contribution is 5.98. The molecule has 1 aliphatic heterocycles. The van der Waals surface area contributed by atoms with E-state index in [0.29, 0.717) is 17.9 Å². The lowest BCUT2D eigenvalue weighted by atomic mass is 9.94. The number of hydrogen-bond acceptors (Lipinski definition) is 8. The maximum atomic E-state index is 13.2. The van der Waals surface area contributed by atoms with Crippen LogP contribution in [0.5, 0.6) is 0 Å². The Morgan fingerprint density at radius 2 is 1.91 bits per heavy atom. The fraction of sp³-hybridized carbons (Fsp3) is 0.0833. The molecule has 6 N–H and O–H groups in total. The van der Waals surface area contributed by atoms with Gasteiger partial charge >= 0.3 is 0 Å². The number of anilines is 3. The monoisotopic (exact) mass is 451 g/mol. The Balaban J connectivity index is 1.58. The van der Waals surface area contributed by atoms with Crippen LogP contribution in [0, 0.1) is 28.6 Å². The van der Waals surface area contributed by atoms with Gasteiger partial charge in [-0.05, 0) is 46.8 Å². The van der Waals surface area contributed by atoms with E-state index >= 15 is 0 Å². The van der Waals surface area contributed by atoms with Crippen LogP contribution in [0.25, 0.3) is 10.9 Å². The second-order valence-corrected chi connectivity index (χ2v) is 7.79. The maximum absolute atomic E-state index is 13.2. The standard InChI is InChI=1S/C24H18FN9/c25-16-4-1-13(2-5-16)11-34-8-7-14-9-15(3-6-18(14)34)21-19-20(28)17(10-26)22(29)32-23(19)33-24(31-21)30-12-27/h1-9,21H,11H2,(H6,28,29,30,31,32,33). The number of aliphatic imine (C=N–C) groups is 1. The van der Waals surface area contributed by atoms with Crippen molar-refractivity contribution in [2.24, 2.45) is 4.99 Å². The highest BCUT2D eigenvalue weighted by atomic mass is 19.1. The van der Waals surface area contributed by atoms with Crippen molar-refractivity contribution in [3.63, 3.8) is 0 Å². The quantitative estimate of drug-likeness (QED) is 0.275. The number of pyridine rings is 1. The molecule has 10 heteroatoms. The molecule has 1 unspecified atom stereocenters. The Labute approximate surface area is 193 Å². The lowest BCUT2D eigenvalue weighted by molar-refractivity contribution is 0.626. The molecule has 2 aromatic heterocycles. The summed E-state index contributed by atoms with van der Waals surface area (Å²) in [7, 11) is 0. The van der Waals surface area contributed by atoms with E-state index in [1.54, 1.807) is 12.1 Å². The van der Waals surface area contributed by atoms with Gasteiger partial charge in [-0.25, -0.2) is 14.4 Å². The van der Waals surface area contributed by atoms with Crippen molar-refractivity contribution in [1.82, 2.24) is 14.9 Å². The Bertz CT molecular complexity index is 1540. The molecule has 0 bridgehead atoms. The fourth-order valence-corrected chi connectivity index (χ4v) is 4.14. The number of halogens is 1. The number of rotatable bonds is 3. The summed E-state index contributed by atoms with van der Waals surface area (Å²) in [5.74, 6) is 0.260. The molecule has 1 aliphatic rings. The largest absolute Gasteiger partial charge is 0.397 e. The van der Waals surface area contributed by atoms with Crippen molar-refractivity contribution >= 4 is 34.2 Å². The second-order valence-electron chi connectivity index (χ2n) is 7.79. The summed E-state index contributed by atoms with van der Waals surface area (Å²) in [6, 6.07) is 15.6. The molecular weight excluding hydrogens is 433 g/mol. The number of nitrogen functional groups attached to an aromatic ring is 2. The van der Waals surface area contributed by atoms with Gasteiger partial charge in [0.2, 0.25) is 5.96 Å². The molecule has 1 atom stereocenters. The van der Waals surface area contributed by atoms with E-state index in [0.717, 1.165) is 22.0 Å². The van der Waals surface area contributed by atoms with Gasteiger partial charge in [0.25, 0.3) is 0 Å². The van der Waals surface area contributed by atoms with Gasteiger partial charge in [-0.2, -0.15) is 10.5 Å². The first-order valence-electron chi connectivity index (χ1n) is 10.3. The van der Waals surface area contributed by atoms with Gasteiger partial charge in [-0.3, -0.25) is 5.32 Å². The van der Waals surface area contributed by atoms with Crippen molar-refractivity contribution in [3.8, 4) is 12.3 Å². The van der Waals surface area contributed by atoms with Crippen LogP contribution in [-0.4, -0.2) is 15.5 Å². The van der Waals surface area contributed by atoms with E-state index in [1.807, 2.05) is 42.7 Å². The molecule has 34 heavy (non-hydrogen) atoms. The molecule has 0 radical (unpaired) electrons. The minimum absolute atomic E-state index is 0.00321. The number of benzene rings is 2. The first-order chi connectivity index (χ1) is 16.5. The first kappa shape index (κ1) is 20.8. The average molecular weight is 451 g/mol. The van der Waals surface area contributed by atoms with Gasteiger partial charge in [0.15, 0.2) is 6.19 Å². The van der Waals surface area contributed by atoms with E-state index in [9.17, 15) is 9.65 Å². The van der Waals surface area contributed by atoms with Gasteiger partial charge in [-0.1, -0.05) is 18.2 Å². The molecule has 166 valence electrons. The zero-order valence-electron chi connectivity index (χ0n) is 17.7. The lowest BCUT2D eigenvalue weighted by Crippen LogP contribution is -2.32. The van der Waals surface area contributed by atoms with Gasteiger partial charge in [0, 0.05) is 23.8 Å². The Morgan fingerprint density at radius 3 is 2.65 bits per heavy atom. The first-order valence-corrected chi connectivity index (χ1v) is 10.3. The SMILES string of the molecule is N#CNC1=NC(c2ccc3c(ccn3Cc3ccc(F)cc3)c2)c2c(nc(N)c(C#N)c2N)N1. The number of nitrogens with zero attached hydrogens (tertiary/aromatic N) is 5. The topological polar surface area (TPSA) is 154 Å². The predicted octanol–water partition coefficient (Wildman–Crippen LogP) is 3.20. The summed E-state index contributed by atoms with van der Waals surface area (Å²) >= 11 is 0. The van der Waals surface area contributed by atoms with Gasteiger partial charge in [-0.15, -0.1) is 0 Å². The van der Waals surface area contributed by atoms with Crippen LogP contribution >= 0.6 is 0 Å². The molecule has 0 fully saturated rings. The zero-order chi connectivity index (χ0) is 23.8. The zero-order valence-corrected chi connectivity index (χ0v) is 17.7. The fourth-order valence-electron chi connectivity index (χ4n) is 4.14. The highest BCUT2D eigenvalue weighted by Crippen LogP contribution is 2.41. The summed E-state index contributed by atoms with van der Waals surface area (Å²) in [5.41, 5.74) is 15.8. The Morgan fingerprint density at radius 1 is 1.12 bits per heavy atom. The third kappa shape index (κ3) is 3.49. The van der Waals surface area contributed by atoms with Crippen LogP contribution in [0.2, 0.25) is 0 Å². The second kappa shape index (κ2) is 8.11. The van der Waals surface area contributed by atoms with E-state index in [1.165, 1.54) is 12.1 Å². The number of nitrogens with one attached hydrogen (secondary N) is 2. The smallest absolute Gasteiger partial charge is 0.211 e.